The summed E-state index contributed by atoms with van der Waals surface area (Å²) in [6, 6.07) is 2.82. The molecule has 1 aromatic rings. The summed E-state index contributed by atoms with van der Waals surface area (Å²) in [5.41, 5.74) is -1.12. The van der Waals surface area contributed by atoms with Gasteiger partial charge in [-0.1, -0.05) is 12.5 Å². The summed E-state index contributed by atoms with van der Waals surface area (Å²) < 4.78 is 51.3. The van der Waals surface area contributed by atoms with E-state index in [1.54, 1.807) is 0 Å². The molecule has 1 aromatic carbocycles. The molecule has 0 saturated heterocycles. The maximum Gasteiger partial charge on any atom is 0.419 e. The molecule has 1 nitrogen and oxygen atoms in total. The second-order valence-corrected chi connectivity index (χ2v) is 6.02. The predicted molar refractivity (Wildman–Crippen MR) is 65.3 cm³/mol. The van der Waals surface area contributed by atoms with Gasteiger partial charge in [-0.2, -0.15) is 13.2 Å². The minimum atomic E-state index is -4.73. The number of aliphatic hydroxyl groups is 1. The number of hydrogen-bond donors (Lipinski definition) is 1. The number of fused-ring (bicyclic) bond motifs is 2. The van der Waals surface area contributed by atoms with Crippen molar-refractivity contribution < 1.29 is 22.7 Å². The zero-order valence-corrected chi connectivity index (χ0v) is 10.8. The molecule has 1 N–H and O–H groups in total. The topological polar surface area (TPSA) is 20.2 Å². The van der Waals surface area contributed by atoms with Crippen molar-refractivity contribution in [1.29, 1.82) is 0 Å². The fraction of sp³-hybridized carbons (Fsp3) is 0.600. The molecular weight excluding hydrogens is 272 g/mol. The normalized spacial score (nSPS) is 30.8. The Morgan fingerprint density at radius 1 is 1.15 bits per heavy atom. The quantitative estimate of drug-likeness (QED) is 0.804. The first-order valence-corrected chi connectivity index (χ1v) is 6.91. The second kappa shape index (κ2) is 4.72. The highest BCUT2D eigenvalue weighted by molar-refractivity contribution is 5.29. The van der Waals surface area contributed by atoms with Crippen LogP contribution in [0.4, 0.5) is 17.6 Å². The van der Waals surface area contributed by atoms with Gasteiger partial charge in [-0.25, -0.2) is 4.39 Å². The van der Waals surface area contributed by atoms with Gasteiger partial charge in [0.05, 0.1) is 11.7 Å². The van der Waals surface area contributed by atoms with Crippen LogP contribution in [0.1, 0.15) is 42.9 Å². The number of aliphatic hydroxyl groups excluding tert-OH is 1. The van der Waals surface area contributed by atoms with E-state index in [0.29, 0.717) is 11.8 Å². The predicted octanol–water partition coefficient (Wildman–Crippen LogP) is 4.31. The monoisotopic (exact) mass is 288 g/mol. The first kappa shape index (κ1) is 13.9. The first-order valence-electron chi connectivity index (χ1n) is 6.91. The molecule has 3 rings (SSSR count). The van der Waals surface area contributed by atoms with Gasteiger partial charge in [0.25, 0.3) is 0 Å². The number of benzene rings is 1. The van der Waals surface area contributed by atoms with Crippen molar-refractivity contribution in [2.24, 2.45) is 17.8 Å². The molecule has 4 atom stereocenters. The third-order valence-electron chi connectivity index (χ3n) is 4.84. The van der Waals surface area contributed by atoms with E-state index in [9.17, 15) is 22.7 Å². The Morgan fingerprint density at radius 3 is 2.45 bits per heavy atom. The Morgan fingerprint density at radius 2 is 1.90 bits per heavy atom. The molecule has 0 aliphatic heterocycles. The highest BCUT2D eigenvalue weighted by Crippen LogP contribution is 2.52. The van der Waals surface area contributed by atoms with Crippen molar-refractivity contribution in [3.63, 3.8) is 0 Å². The average molecular weight is 288 g/mol. The van der Waals surface area contributed by atoms with Crippen LogP contribution in [0.5, 0.6) is 0 Å². The molecule has 0 heterocycles. The molecule has 0 amide bonds. The minimum Gasteiger partial charge on any atom is -0.388 e. The van der Waals surface area contributed by atoms with Crippen LogP contribution in [0.15, 0.2) is 18.2 Å². The Balaban J connectivity index is 1.87. The lowest BCUT2D eigenvalue weighted by atomic mass is 9.82. The van der Waals surface area contributed by atoms with Gasteiger partial charge in [0.2, 0.25) is 0 Å². The van der Waals surface area contributed by atoms with Gasteiger partial charge >= 0.3 is 6.18 Å². The lowest BCUT2D eigenvalue weighted by Crippen LogP contribution is -2.20. The molecule has 5 heteroatoms. The van der Waals surface area contributed by atoms with Gasteiger partial charge in [-0.3, -0.25) is 0 Å². The smallest absolute Gasteiger partial charge is 0.388 e. The van der Waals surface area contributed by atoms with Crippen LogP contribution in [0.2, 0.25) is 0 Å². The number of hydrogen-bond acceptors (Lipinski definition) is 1. The Bertz CT molecular complexity index is 511. The zero-order chi connectivity index (χ0) is 14.5. The van der Waals surface area contributed by atoms with Crippen LogP contribution in [-0.2, 0) is 6.18 Å². The Kier molecular flexibility index (Phi) is 3.27. The summed E-state index contributed by atoms with van der Waals surface area (Å²) in [5, 5.41) is 10.3. The van der Waals surface area contributed by atoms with Crippen LogP contribution in [0.25, 0.3) is 0 Å². The van der Waals surface area contributed by atoms with Crippen LogP contribution < -0.4 is 0 Å². The Hall–Kier alpha value is -1.10. The summed E-state index contributed by atoms with van der Waals surface area (Å²) in [4.78, 5) is 0. The lowest BCUT2D eigenvalue weighted by Gasteiger charge is -2.27. The van der Waals surface area contributed by atoms with E-state index in [1.165, 1.54) is 6.07 Å². The second-order valence-electron chi connectivity index (χ2n) is 6.02. The molecule has 2 aliphatic carbocycles. The van der Waals surface area contributed by atoms with Gasteiger partial charge in [0.15, 0.2) is 0 Å². The van der Waals surface area contributed by atoms with Crippen molar-refractivity contribution >= 4 is 0 Å². The van der Waals surface area contributed by atoms with E-state index in [2.05, 4.69) is 0 Å². The molecule has 2 fully saturated rings. The third-order valence-corrected chi connectivity index (χ3v) is 4.84. The van der Waals surface area contributed by atoms with Crippen LogP contribution in [0.3, 0.4) is 0 Å². The van der Waals surface area contributed by atoms with Crippen LogP contribution in [0, 0.1) is 23.6 Å². The average Bonchev–Trinajstić information content (AvgIpc) is 2.99. The SMILES string of the molecule is OC(c1ccc(F)c(C(F)(F)F)c1)C1CC2CCC1C2. The Labute approximate surface area is 114 Å². The summed E-state index contributed by atoms with van der Waals surface area (Å²) in [5.74, 6) is -0.279. The van der Waals surface area contributed by atoms with Crippen LogP contribution in [-0.4, -0.2) is 5.11 Å². The van der Waals surface area contributed by atoms with Crippen LogP contribution >= 0.6 is 0 Å². The van der Waals surface area contributed by atoms with Gasteiger partial charge < -0.3 is 5.11 Å². The summed E-state index contributed by atoms with van der Waals surface area (Å²) in [6.07, 6.45) is -1.52. The zero-order valence-electron chi connectivity index (χ0n) is 10.8. The van der Waals surface area contributed by atoms with E-state index in [0.717, 1.165) is 37.8 Å². The molecule has 110 valence electrons. The number of alkyl halides is 3. The number of halogens is 4. The van der Waals surface area contributed by atoms with E-state index in [-0.39, 0.29) is 11.5 Å². The van der Waals surface area contributed by atoms with Gasteiger partial charge in [0.1, 0.15) is 5.82 Å². The molecule has 0 aromatic heterocycles. The summed E-state index contributed by atoms with van der Waals surface area (Å²) in [7, 11) is 0. The standard InChI is InChI=1S/C15H16F4O/c16-13-4-3-10(7-12(13)15(17,18)19)14(20)11-6-8-1-2-9(11)5-8/h3-4,7-9,11,14,20H,1-2,5-6H2. The maximum absolute atomic E-state index is 13.3. The van der Waals surface area contributed by atoms with Crippen molar-refractivity contribution in [2.75, 3.05) is 0 Å². The minimum absolute atomic E-state index is 0.0142. The molecule has 4 unspecified atom stereocenters. The van der Waals surface area contributed by atoms with E-state index in [1.807, 2.05) is 0 Å². The van der Waals surface area contributed by atoms with Gasteiger partial charge in [-0.05, 0) is 54.7 Å². The van der Waals surface area contributed by atoms with Crippen molar-refractivity contribution in [2.45, 2.75) is 38.0 Å². The highest BCUT2D eigenvalue weighted by atomic mass is 19.4. The molecule has 2 saturated carbocycles. The van der Waals surface area contributed by atoms with Crippen molar-refractivity contribution in [3.05, 3.63) is 35.1 Å². The molecule has 20 heavy (non-hydrogen) atoms. The van der Waals surface area contributed by atoms with E-state index in [4.69, 9.17) is 0 Å². The number of rotatable bonds is 2. The van der Waals surface area contributed by atoms with E-state index >= 15 is 0 Å². The fourth-order valence-electron chi connectivity index (χ4n) is 3.87. The van der Waals surface area contributed by atoms with E-state index < -0.39 is 23.7 Å². The third kappa shape index (κ3) is 2.32. The van der Waals surface area contributed by atoms with Crippen molar-refractivity contribution in [1.82, 2.24) is 0 Å². The molecule has 0 radical (unpaired) electrons. The summed E-state index contributed by atoms with van der Waals surface area (Å²) in [6.45, 7) is 0. The summed E-state index contributed by atoms with van der Waals surface area (Å²) >= 11 is 0. The highest BCUT2D eigenvalue weighted by Gasteiger charge is 2.43. The van der Waals surface area contributed by atoms with Crippen molar-refractivity contribution in [3.8, 4) is 0 Å². The molecule has 2 bridgehead atoms. The fourth-order valence-corrected chi connectivity index (χ4v) is 3.87. The maximum atomic E-state index is 13.3. The van der Waals surface area contributed by atoms with Gasteiger partial charge in [0, 0.05) is 0 Å². The molecular formula is C15H16F4O. The molecule has 2 aliphatic rings. The largest absolute Gasteiger partial charge is 0.419 e. The lowest BCUT2D eigenvalue weighted by molar-refractivity contribution is -0.140. The van der Waals surface area contributed by atoms with Gasteiger partial charge in [-0.15, -0.1) is 0 Å². The first-order chi connectivity index (χ1) is 9.36. The molecule has 0 spiro atoms.